The molecule has 66 valence electrons. The van der Waals surface area contributed by atoms with Crippen molar-refractivity contribution in [1.29, 1.82) is 0 Å². The van der Waals surface area contributed by atoms with Crippen LogP contribution in [0.5, 0.6) is 0 Å². The topological polar surface area (TPSA) is 0 Å². The number of unbranched alkanes of at least 4 members (excludes halogenated alkanes) is 3. The fourth-order valence-corrected chi connectivity index (χ4v) is 1.33. The second-order valence-corrected chi connectivity index (χ2v) is 3.15. The minimum absolute atomic E-state index is 0.589. The van der Waals surface area contributed by atoms with Crippen LogP contribution in [0.1, 0.15) is 39.5 Å². The molecule has 0 nitrogen and oxygen atoms in total. The molecule has 0 saturated heterocycles. The van der Waals surface area contributed by atoms with Gasteiger partial charge in [-0.25, -0.2) is 0 Å². The highest BCUT2D eigenvalue weighted by Crippen LogP contribution is 2.06. The van der Waals surface area contributed by atoms with Gasteiger partial charge in [0.05, 0.1) is 0 Å². The normalized spacial score (nSPS) is 11.2. The second kappa shape index (κ2) is 5.82. The zero-order valence-corrected chi connectivity index (χ0v) is 7.63. The van der Waals surface area contributed by atoms with E-state index in [0.717, 1.165) is 6.42 Å². The molecule has 0 saturated carbocycles. The van der Waals surface area contributed by atoms with E-state index in [2.05, 4.69) is 30.3 Å². The molecule has 0 heteroatoms. The lowest BCUT2D eigenvalue weighted by atomic mass is 10.1. The number of rotatable bonds is 5. The molecule has 0 aliphatic carbocycles. The summed E-state index contributed by atoms with van der Waals surface area (Å²) < 4.78 is 7.00. The molecular formula is C12H18. The van der Waals surface area contributed by atoms with Gasteiger partial charge in [0.25, 0.3) is 0 Å². The van der Waals surface area contributed by atoms with Crippen molar-refractivity contribution in [3.05, 3.63) is 35.9 Å². The molecular weight excluding hydrogens is 144 g/mol. The molecule has 0 aliphatic rings. The van der Waals surface area contributed by atoms with E-state index in [-0.39, 0.29) is 0 Å². The first kappa shape index (κ1) is 7.85. The SMILES string of the molecule is [2H]CCCCCCc1ccccc1. The average molecular weight is 163 g/mol. The number of aryl methyl sites for hydroxylation is 1. The van der Waals surface area contributed by atoms with E-state index in [4.69, 9.17) is 1.37 Å². The number of benzene rings is 1. The van der Waals surface area contributed by atoms with E-state index in [1.165, 1.54) is 31.2 Å². The van der Waals surface area contributed by atoms with Crippen molar-refractivity contribution in [3.63, 3.8) is 0 Å². The van der Waals surface area contributed by atoms with Crippen LogP contribution in [-0.4, -0.2) is 0 Å². The predicted molar refractivity (Wildman–Crippen MR) is 54.3 cm³/mol. The molecule has 0 unspecified atom stereocenters. The zero-order valence-electron chi connectivity index (χ0n) is 8.63. The molecule has 0 fully saturated rings. The van der Waals surface area contributed by atoms with Gasteiger partial charge in [-0.15, -0.1) is 0 Å². The quantitative estimate of drug-likeness (QED) is 0.579. The minimum atomic E-state index is 0.589. The van der Waals surface area contributed by atoms with E-state index in [9.17, 15) is 0 Å². The Morgan fingerprint density at radius 2 is 1.92 bits per heavy atom. The van der Waals surface area contributed by atoms with Gasteiger partial charge in [-0.05, 0) is 18.4 Å². The van der Waals surface area contributed by atoms with Crippen LogP contribution >= 0.6 is 0 Å². The highest BCUT2D eigenvalue weighted by atomic mass is 14.0. The summed E-state index contributed by atoms with van der Waals surface area (Å²) in [7, 11) is 0. The van der Waals surface area contributed by atoms with Crippen molar-refractivity contribution in [2.24, 2.45) is 0 Å². The van der Waals surface area contributed by atoms with E-state index in [1.54, 1.807) is 0 Å². The molecule has 12 heavy (non-hydrogen) atoms. The maximum Gasteiger partial charge on any atom is 0.0230 e. The Kier molecular flexibility index (Phi) is 3.80. The molecule has 0 atom stereocenters. The first-order chi connectivity index (χ1) is 6.43. The third-order valence-corrected chi connectivity index (χ3v) is 2.06. The Morgan fingerprint density at radius 3 is 2.67 bits per heavy atom. The van der Waals surface area contributed by atoms with Crippen molar-refractivity contribution in [1.82, 2.24) is 0 Å². The summed E-state index contributed by atoms with van der Waals surface area (Å²) in [6.07, 6.45) is 6.02. The third-order valence-electron chi connectivity index (χ3n) is 2.06. The lowest BCUT2D eigenvalue weighted by Gasteiger charge is -1.99. The highest BCUT2D eigenvalue weighted by Gasteiger charge is 1.90. The van der Waals surface area contributed by atoms with Gasteiger partial charge in [0, 0.05) is 1.37 Å². The van der Waals surface area contributed by atoms with Crippen molar-refractivity contribution in [3.8, 4) is 0 Å². The summed E-state index contributed by atoms with van der Waals surface area (Å²) in [5, 5.41) is 0. The summed E-state index contributed by atoms with van der Waals surface area (Å²) >= 11 is 0. The molecule has 0 N–H and O–H groups in total. The minimum Gasteiger partial charge on any atom is -0.0654 e. The van der Waals surface area contributed by atoms with E-state index in [0.29, 0.717) is 6.90 Å². The van der Waals surface area contributed by atoms with Crippen LogP contribution in [-0.2, 0) is 6.42 Å². The van der Waals surface area contributed by atoms with Crippen LogP contribution in [0.4, 0.5) is 0 Å². The van der Waals surface area contributed by atoms with Crippen LogP contribution in [0.3, 0.4) is 0 Å². The number of hydrogen-bond donors (Lipinski definition) is 0. The van der Waals surface area contributed by atoms with Crippen molar-refractivity contribution >= 4 is 0 Å². The van der Waals surface area contributed by atoms with Gasteiger partial charge in [-0.3, -0.25) is 0 Å². The maximum atomic E-state index is 7.00. The van der Waals surface area contributed by atoms with Gasteiger partial charge in [0.1, 0.15) is 0 Å². The average Bonchev–Trinajstić information content (AvgIpc) is 2.19. The van der Waals surface area contributed by atoms with Gasteiger partial charge < -0.3 is 0 Å². The highest BCUT2D eigenvalue weighted by molar-refractivity contribution is 5.14. The van der Waals surface area contributed by atoms with Crippen LogP contribution < -0.4 is 0 Å². The van der Waals surface area contributed by atoms with Gasteiger partial charge in [0.2, 0.25) is 0 Å². The summed E-state index contributed by atoms with van der Waals surface area (Å²) in [5.41, 5.74) is 1.44. The molecule has 1 rings (SSSR count). The maximum absolute atomic E-state index is 7.00. The first-order valence-corrected chi connectivity index (χ1v) is 4.76. The summed E-state index contributed by atoms with van der Waals surface area (Å²) in [5.74, 6) is 0. The predicted octanol–water partition coefficient (Wildman–Crippen LogP) is 3.81. The van der Waals surface area contributed by atoms with Gasteiger partial charge in [-0.1, -0.05) is 56.5 Å². The van der Waals surface area contributed by atoms with Crippen molar-refractivity contribution < 1.29 is 1.37 Å². The van der Waals surface area contributed by atoms with Gasteiger partial charge in [0.15, 0.2) is 0 Å². The molecule has 1 aromatic rings. The van der Waals surface area contributed by atoms with Crippen LogP contribution in [0.25, 0.3) is 0 Å². The van der Waals surface area contributed by atoms with E-state index >= 15 is 0 Å². The fourth-order valence-electron chi connectivity index (χ4n) is 1.33. The van der Waals surface area contributed by atoms with Crippen LogP contribution in [0.15, 0.2) is 30.3 Å². The van der Waals surface area contributed by atoms with E-state index < -0.39 is 0 Å². The van der Waals surface area contributed by atoms with Crippen molar-refractivity contribution in [2.75, 3.05) is 0 Å². The zero-order chi connectivity index (χ0) is 9.36. The van der Waals surface area contributed by atoms with Gasteiger partial charge >= 0.3 is 0 Å². The largest absolute Gasteiger partial charge is 0.0654 e. The Balaban J connectivity index is 2.07. The standard InChI is InChI=1S/C12H18/c1-2-3-4-6-9-12-10-7-5-8-11-12/h5,7-8,10-11H,2-4,6,9H2,1H3/i1D. The molecule has 0 spiro atoms. The Morgan fingerprint density at radius 1 is 1.08 bits per heavy atom. The Hall–Kier alpha value is -0.780. The number of hydrogen-bond acceptors (Lipinski definition) is 0. The molecule has 0 amide bonds. The lowest BCUT2D eigenvalue weighted by Crippen LogP contribution is -1.84. The Labute approximate surface area is 77.0 Å². The Bertz CT molecular complexity index is 206. The molecule has 0 heterocycles. The molecule has 0 bridgehead atoms. The summed E-state index contributed by atoms with van der Waals surface area (Å²) in [4.78, 5) is 0. The monoisotopic (exact) mass is 163 g/mol. The molecule has 0 aromatic heterocycles. The van der Waals surface area contributed by atoms with Crippen molar-refractivity contribution in [2.45, 2.75) is 39.0 Å². The molecule has 0 aliphatic heterocycles. The van der Waals surface area contributed by atoms with Gasteiger partial charge in [-0.2, -0.15) is 0 Å². The lowest BCUT2D eigenvalue weighted by molar-refractivity contribution is 0.667. The van der Waals surface area contributed by atoms with Crippen LogP contribution in [0, 0.1) is 0 Å². The van der Waals surface area contributed by atoms with Crippen LogP contribution in [0.2, 0.25) is 0 Å². The second-order valence-electron chi connectivity index (χ2n) is 3.15. The third kappa shape index (κ3) is 3.56. The molecule has 1 aromatic carbocycles. The summed E-state index contributed by atoms with van der Waals surface area (Å²) in [6, 6.07) is 10.6. The molecule has 0 radical (unpaired) electrons. The first-order valence-electron chi connectivity index (χ1n) is 5.47. The smallest absolute Gasteiger partial charge is 0.0230 e. The fraction of sp³-hybridized carbons (Fsp3) is 0.500. The van der Waals surface area contributed by atoms with E-state index in [1.807, 2.05) is 0 Å². The summed E-state index contributed by atoms with van der Waals surface area (Å²) in [6.45, 7) is 0.589.